The molecule has 2 rings (SSSR count). The minimum absolute atomic E-state index is 0.0326. The summed E-state index contributed by atoms with van der Waals surface area (Å²) in [6.45, 7) is -0.549. The fourth-order valence-corrected chi connectivity index (χ4v) is 2.47. The number of hydrogen-bond donors (Lipinski definition) is 7. The SMILES string of the molecule is OC[C@H]1O[C@@H]2NC[C@@H](O)[C@@H](O)C[C@@]2(O)[C@@H](O)[C@H]1O. The van der Waals surface area contributed by atoms with Gasteiger partial charge in [0.1, 0.15) is 30.1 Å². The molecule has 0 aromatic heterocycles. The lowest BCUT2D eigenvalue weighted by molar-refractivity contribution is -0.284. The van der Waals surface area contributed by atoms with Crippen LogP contribution in [-0.4, -0.2) is 86.1 Å². The minimum atomic E-state index is -1.93. The third-order valence-electron chi connectivity index (χ3n) is 3.65. The first kappa shape index (κ1) is 14.1. The summed E-state index contributed by atoms with van der Waals surface area (Å²) >= 11 is 0. The molecule has 106 valence electrons. The molecule has 0 unspecified atom stereocenters. The first-order valence-corrected chi connectivity index (χ1v) is 5.84. The van der Waals surface area contributed by atoms with Gasteiger partial charge >= 0.3 is 0 Å². The van der Waals surface area contributed by atoms with E-state index in [9.17, 15) is 25.5 Å². The molecule has 8 nitrogen and oxygen atoms in total. The molecule has 8 heteroatoms. The normalized spacial score (nSPS) is 53.7. The van der Waals surface area contributed by atoms with Crippen molar-refractivity contribution in [2.75, 3.05) is 13.2 Å². The monoisotopic (exact) mass is 265 g/mol. The first-order chi connectivity index (χ1) is 8.40. The predicted molar refractivity (Wildman–Crippen MR) is 57.3 cm³/mol. The fraction of sp³-hybridized carbons (Fsp3) is 1.00. The highest BCUT2D eigenvalue weighted by molar-refractivity contribution is 5.05. The molecular weight excluding hydrogens is 246 g/mol. The maximum Gasteiger partial charge on any atom is 0.140 e. The van der Waals surface area contributed by atoms with Gasteiger partial charge in [-0.2, -0.15) is 0 Å². The van der Waals surface area contributed by atoms with E-state index in [1.165, 1.54) is 0 Å². The van der Waals surface area contributed by atoms with E-state index in [1.54, 1.807) is 0 Å². The maximum atomic E-state index is 10.4. The number of aliphatic hydroxyl groups is 6. The molecule has 18 heavy (non-hydrogen) atoms. The zero-order valence-corrected chi connectivity index (χ0v) is 9.68. The second kappa shape index (κ2) is 4.99. The van der Waals surface area contributed by atoms with E-state index < -0.39 is 49.0 Å². The Balaban J connectivity index is 2.25. The van der Waals surface area contributed by atoms with Crippen LogP contribution >= 0.6 is 0 Å². The summed E-state index contributed by atoms with van der Waals surface area (Å²) in [6.07, 6.45) is -7.89. The molecule has 0 aromatic rings. The van der Waals surface area contributed by atoms with Crippen LogP contribution in [-0.2, 0) is 4.74 Å². The third kappa shape index (κ3) is 2.15. The van der Waals surface area contributed by atoms with E-state index in [-0.39, 0.29) is 13.0 Å². The van der Waals surface area contributed by atoms with Gasteiger partial charge in [-0.3, -0.25) is 5.32 Å². The van der Waals surface area contributed by atoms with Crippen LogP contribution in [0.5, 0.6) is 0 Å². The van der Waals surface area contributed by atoms with Gasteiger partial charge in [0, 0.05) is 13.0 Å². The predicted octanol–water partition coefficient (Wildman–Crippen LogP) is -4.13. The average Bonchev–Trinajstić information content (AvgIpc) is 2.44. The molecule has 0 amide bonds. The smallest absolute Gasteiger partial charge is 0.140 e. The van der Waals surface area contributed by atoms with Gasteiger partial charge in [-0.05, 0) is 0 Å². The Kier molecular flexibility index (Phi) is 3.90. The Morgan fingerprint density at radius 3 is 2.44 bits per heavy atom. The van der Waals surface area contributed by atoms with E-state index in [0.717, 1.165) is 0 Å². The summed E-state index contributed by atoms with van der Waals surface area (Å²) in [5.74, 6) is 0. The topological polar surface area (TPSA) is 143 Å². The molecule has 0 bridgehead atoms. The van der Waals surface area contributed by atoms with Crippen LogP contribution in [0.2, 0.25) is 0 Å². The van der Waals surface area contributed by atoms with Gasteiger partial charge in [-0.25, -0.2) is 0 Å². The summed E-state index contributed by atoms with van der Waals surface area (Å²) < 4.78 is 5.26. The highest BCUT2D eigenvalue weighted by atomic mass is 16.6. The van der Waals surface area contributed by atoms with Crippen molar-refractivity contribution < 1.29 is 35.4 Å². The Hall–Kier alpha value is -0.320. The van der Waals surface area contributed by atoms with Crippen LogP contribution in [0.4, 0.5) is 0 Å². The van der Waals surface area contributed by atoms with Crippen LogP contribution in [0, 0.1) is 0 Å². The number of aliphatic hydroxyl groups excluding tert-OH is 5. The summed E-state index contributed by atoms with van der Waals surface area (Å²) in [7, 11) is 0. The van der Waals surface area contributed by atoms with Crippen LogP contribution in [0.1, 0.15) is 6.42 Å². The van der Waals surface area contributed by atoms with E-state index in [2.05, 4.69) is 5.32 Å². The minimum Gasteiger partial charge on any atom is -0.394 e. The zero-order chi connectivity index (χ0) is 13.5. The zero-order valence-electron chi connectivity index (χ0n) is 9.68. The highest BCUT2D eigenvalue weighted by Gasteiger charge is 2.56. The van der Waals surface area contributed by atoms with Crippen LogP contribution in [0.3, 0.4) is 0 Å². The lowest BCUT2D eigenvalue weighted by Crippen LogP contribution is -2.69. The Bertz CT molecular complexity index is 304. The number of ether oxygens (including phenoxy) is 1. The number of rotatable bonds is 1. The van der Waals surface area contributed by atoms with Crippen molar-refractivity contribution in [3.8, 4) is 0 Å². The van der Waals surface area contributed by atoms with Crippen LogP contribution in [0.25, 0.3) is 0 Å². The number of nitrogens with one attached hydrogen (secondary N) is 1. The Labute approximate surface area is 103 Å². The van der Waals surface area contributed by atoms with Crippen LogP contribution in [0.15, 0.2) is 0 Å². The van der Waals surface area contributed by atoms with Crippen molar-refractivity contribution in [2.45, 2.75) is 48.8 Å². The largest absolute Gasteiger partial charge is 0.394 e. The van der Waals surface area contributed by atoms with Gasteiger partial charge in [0.15, 0.2) is 0 Å². The van der Waals surface area contributed by atoms with E-state index in [1.807, 2.05) is 0 Å². The fourth-order valence-electron chi connectivity index (χ4n) is 2.47. The molecule has 7 atom stereocenters. The summed E-state index contributed by atoms with van der Waals surface area (Å²) in [5, 5.41) is 60.9. The lowest BCUT2D eigenvalue weighted by atomic mass is 9.81. The van der Waals surface area contributed by atoms with E-state index in [0.29, 0.717) is 0 Å². The molecule has 2 heterocycles. The second-order valence-electron chi connectivity index (χ2n) is 4.91. The first-order valence-electron chi connectivity index (χ1n) is 5.84. The lowest BCUT2D eigenvalue weighted by Gasteiger charge is -2.47. The highest BCUT2D eigenvalue weighted by Crippen LogP contribution is 2.34. The maximum absolute atomic E-state index is 10.4. The van der Waals surface area contributed by atoms with Gasteiger partial charge in [0.2, 0.25) is 0 Å². The molecule has 0 aliphatic carbocycles. The number of hydrogen-bond acceptors (Lipinski definition) is 8. The molecule has 2 aliphatic heterocycles. The van der Waals surface area contributed by atoms with Gasteiger partial charge in [-0.1, -0.05) is 0 Å². The molecule has 0 aromatic carbocycles. The summed E-state index contributed by atoms with van der Waals surface area (Å²) in [4.78, 5) is 0. The molecule has 7 N–H and O–H groups in total. The Morgan fingerprint density at radius 2 is 1.83 bits per heavy atom. The van der Waals surface area contributed by atoms with Gasteiger partial charge in [-0.15, -0.1) is 0 Å². The van der Waals surface area contributed by atoms with Gasteiger partial charge in [0.25, 0.3) is 0 Å². The van der Waals surface area contributed by atoms with Crippen molar-refractivity contribution in [3.63, 3.8) is 0 Å². The van der Waals surface area contributed by atoms with Crippen LogP contribution < -0.4 is 5.32 Å². The molecule has 2 saturated heterocycles. The summed E-state index contributed by atoms with van der Waals surface area (Å²) in [6, 6.07) is 0. The standard InChI is InChI=1S/C10H19NO7/c12-3-6-7(15)8(16)10(17)1-4(13)5(14)2-11-9(10)18-6/h4-9,11-17H,1-3H2/t4-,5+,6+,7-,8-,9-,10+/m0/s1. The Morgan fingerprint density at radius 1 is 1.17 bits per heavy atom. The molecule has 2 fully saturated rings. The quantitative estimate of drug-likeness (QED) is 0.253. The molecule has 0 spiro atoms. The van der Waals surface area contributed by atoms with E-state index in [4.69, 9.17) is 9.84 Å². The van der Waals surface area contributed by atoms with Crippen molar-refractivity contribution in [1.82, 2.24) is 5.32 Å². The van der Waals surface area contributed by atoms with Crippen molar-refractivity contribution in [3.05, 3.63) is 0 Å². The average molecular weight is 265 g/mol. The van der Waals surface area contributed by atoms with Gasteiger partial charge < -0.3 is 35.4 Å². The molecule has 0 saturated carbocycles. The second-order valence-corrected chi connectivity index (χ2v) is 4.91. The third-order valence-corrected chi connectivity index (χ3v) is 3.65. The number of β-amino-alcohol motifs (C(OH)–C–C–N with tert-alkyl or cyclic N) is 1. The summed E-state index contributed by atoms with van der Waals surface area (Å²) in [5.41, 5.74) is -1.93. The van der Waals surface area contributed by atoms with Crippen molar-refractivity contribution >= 4 is 0 Å². The number of fused-ring (bicyclic) bond motifs is 1. The molecule has 2 aliphatic rings. The van der Waals surface area contributed by atoms with E-state index >= 15 is 0 Å². The van der Waals surface area contributed by atoms with Gasteiger partial charge in [0.05, 0.1) is 18.8 Å². The van der Waals surface area contributed by atoms with Crippen molar-refractivity contribution in [2.24, 2.45) is 0 Å². The molecular formula is C10H19NO7. The van der Waals surface area contributed by atoms with Crippen molar-refractivity contribution in [1.29, 1.82) is 0 Å². The molecule has 0 radical (unpaired) electrons.